The van der Waals surface area contributed by atoms with E-state index in [-0.39, 0.29) is 12.6 Å². The number of piperazine rings is 1. The summed E-state index contributed by atoms with van der Waals surface area (Å²) in [5.74, 6) is 0.452. The molecule has 1 aliphatic rings. The predicted molar refractivity (Wildman–Crippen MR) is 83.2 cm³/mol. The minimum absolute atomic E-state index is 0.155. The first kappa shape index (κ1) is 19.0. The zero-order valence-corrected chi connectivity index (χ0v) is 13.7. The lowest BCUT2D eigenvalue weighted by Gasteiger charge is -2.35. The van der Waals surface area contributed by atoms with Crippen molar-refractivity contribution >= 4 is 5.96 Å². The SMILES string of the molecule is CCNC(=NCC(C)N1CCN(C)CC1)NCCC(F)(F)F. The summed E-state index contributed by atoms with van der Waals surface area (Å²) in [6.45, 7) is 9.13. The number of nitrogens with one attached hydrogen (secondary N) is 2. The lowest BCUT2D eigenvalue weighted by molar-refractivity contribution is -0.132. The number of guanidine groups is 1. The second-order valence-corrected chi connectivity index (χ2v) is 5.70. The molecule has 1 rings (SSSR count). The van der Waals surface area contributed by atoms with Gasteiger partial charge in [0.1, 0.15) is 0 Å². The Morgan fingerprint density at radius 2 is 1.82 bits per heavy atom. The van der Waals surface area contributed by atoms with Gasteiger partial charge >= 0.3 is 6.18 Å². The summed E-state index contributed by atoms with van der Waals surface area (Å²) in [7, 11) is 2.11. The van der Waals surface area contributed by atoms with Crippen LogP contribution in [0.5, 0.6) is 0 Å². The van der Waals surface area contributed by atoms with Crippen molar-refractivity contribution in [2.45, 2.75) is 32.5 Å². The summed E-state index contributed by atoms with van der Waals surface area (Å²) in [6, 6.07) is 0.284. The largest absolute Gasteiger partial charge is 0.390 e. The third-order valence-corrected chi connectivity index (χ3v) is 3.72. The molecule has 5 nitrogen and oxygen atoms in total. The molecular formula is C14H28F3N5. The smallest absolute Gasteiger partial charge is 0.357 e. The molecule has 1 fully saturated rings. The Balaban J connectivity index is 2.40. The molecule has 0 aromatic heterocycles. The van der Waals surface area contributed by atoms with Crippen molar-refractivity contribution in [3.05, 3.63) is 0 Å². The van der Waals surface area contributed by atoms with Gasteiger partial charge in [0.2, 0.25) is 0 Å². The highest BCUT2D eigenvalue weighted by atomic mass is 19.4. The number of nitrogens with zero attached hydrogens (tertiary/aromatic N) is 3. The molecular weight excluding hydrogens is 295 g/mol. The minimum atomic E-state index is -4.14. The molecule has 0 aliphatic carbocycles. The first-order valence-corrected chi connectivity index (χ1v) is 7.83. The summed E-state index contributed by atoms with van der Waals surface area (Å²) in [4.78, 5) is 9.05. The van der Waals surface area contributed by atoms with Crippen LogP contribution in [-0.2, 0) is 0 Å². The highest BCUT2D eigenvalue weighted by Crippen LogP contribution is 2.18. The fraction of sp³-hybridized carbons (Fsp3) is 0.929. The maximum atomic E-state index is 12.2. The number of halogens is 3. The standard InChI is InChI=1S/C14H28F3N5/c1-4-18-13(19-6-5-14(15,16)17)20-11-12(2)22-9-7-21(3)8-10-22/h12H,4-11H2,1-3H3,(H2,18,19,20). The molecule has 0 bridgehead atoms. The zero-order chi connectivity index (χ0) is 16.6. The molecule has 1 atom stereocenters. The van der Waals surface area contributed by atoms with Crippen molar-refractivity contribution in [2.75, 3.05) is 52.9 Å². The first-order chi connectivity index (χ1) is 10.3. The van der Waals surface area contributed by atoms with E-state index in [0.717, 1.165) is 26.2 Å². The van der Waals surface area contributed by atoms with Crippen LogP contribution in [0.1, 0.15) is 20.3 Å². The number of rotatable bonds is 6. The molecule has 2 N–H and O–H groups in total. The molecule has 0 saturated carbocycles. The van der Waals surface area contributed by atoms with Crippen molar-refractivity contribution in [1.82, 2.24) is 20.4 Å². The topological polar surface area (TPSA) is 42.9 Å². The average molecular weight is 323 g/mol. The second kappa shape index (κ2) is 9.19. The normalized spacial score (nSPS) is 20.0. The van der Waals surface area contributed by atoms with E-state index in [1.807, 2.05) is 6.92 Å². The Labute approximate surface area is 130 Å². The molecule has 1 aliphatic heterocycles. The Morgan fingerprint density at radius 3 is 2.36 bits per heavy atom. The Bertz CT molecular complexity index is 338. The van der Waals surface area contributed by atoms with Gasteiger partial charge in [-0.2, -0.15) is 13.2 Å². The molecule has 0 spiro atoms. The van der Waals surface area contributed by atoms with E-state index in [0.29, 0.717) is 19.0 Å². The number of alkyl halides is 3. The monoisotopic (exact) mass is 323 g/mol. The van der Waals surface area contributed by atoms with Gasteiger partial charge in [0.25, 0.3) is 0 Å². The maximum Gasteiger partial charge on any atom is 0.390 e. The molecule has 130 valence electrons. The quantitative estimate of drug-likeness (QED) is 0.568. The molecule has 1 saturated heterocycles. The van der Waals surface area contributed by atoms with Crippen LogP contribution in [0.25, 0.3) is 0 Å². The van der Waals surface area contributed by atoms with Crippen LogP contribution in [0.4, 0.5) is 13.2 Å². The summed E-state index contributed by atoms with van der Waals surface area (Å²) < 4.78 is 36.5. The van der Waals surface area contributed by atoms with Crippen LogP contribution in [0, 0.1) is 0 Å². The summed E-state index contributed by atoms with van der Waals surface area (Å²) in [5.41, 5.74) is 0. The molecule has 0 amide bonds. The van der Waals surface area contributed by atoms with Crippen LogP contribution in [0.2, 0.25) is 0 Å². The van der Waals surface area contributed by atoms with Crippen LogP contribution < -0.4 is 10.6 Å². The Morgan fingerprint density at radius 1 is 1.18 bits per heavy atom. The lowest BCUT2D eigenvalue weighted by atomic mass is 10.2. The zero-order valence-electron chi connectivity index (χ0n) is 13.7. The lowest BCUT2D eigenvalue weighted by Crippen LogP contribution is -2.49. The van der Waals surface area contributed by atoms with E-state index in [1.165, 1.54) is 0 Å². The minimum Gasteiger partial charge on any atom is -0.357 e. The van der Waals surface area contributed by atoms with E-state index >= 15 is 0 Å². The first-order valence-electron chi connectivity index (χ1n) is 7.83. The predicted octanol–water partition coefficient (Wildman–Crippen LogP) is 1.13. The highest BCUT2D eigenvalue weighted by Gasteiger charge is 2.26. The van der Waals surface area contributed by atoms with E-state index in [4.69, 9.17) is 0 Å². The van der Waals surface area contributed by atoms with Gasteiger partial charge < -0.3 is 15.5 Å². The van der Waals surface area contributed by atoms with Crippen molar-refractivity contribution in [1.29, 1.82) is 0 Å². The van der Waals surface area contributed by atoms with E-state index in [9.17, 15) is 13.2 Å². The number of hydrogen-bond donors (Lipinski definition) is 2. The van der Waals surface area contributed by atoms with E-state index in [2.05, 4.69) is 39.4 Å². The number of hydrogen-bond acceptors (Lipinski definition) is 3. The van der Waals surface area contributed by atoms with Gasteiger partial charge in [-0.3, -0.25) is 9.89 Å². The van der Waals surface area contributed by atoms with Gasteiger partial charge in [-0.05, 0) is 20.9 Å². The number of likely N-dealkylation sites (N-methyl/N-ethyl adjacent to an activating group) is 1. The third-order valence-electron chi connectivity index (χ3n) is 3.72. The van der Waals surface area contributed by atoms with Gasteiger partial charge in [-0.25, -0.2) is 0 Å². The van der Waals surface area contributed by atoms with Crippen molar-refractivity contribution in [3.8, 4) is 0 Å². The van der Waals surface area contributed by atoms with Crippen LogP contribution >= 0.6 is 0 Å². The van der Waals surface area contributed by atoms with Gasteiger partial charge in [0.15, 0.2) is 5.96 Å². The summed E-state index contributed by atoms with van der Waals surface area (Å²) in [5, 5.41) is 5.71. The van der Waals surface area contributed by atoms with Gasteiger partial charge in [0.05, 0.1) is 13.0 Å². The van der Waals surface area contributed by atoms with Crippen molar-refractivity contribution < 1.29 is 13.2 Å². The third kappa shape index (κ3) is 7.84. The van der Waals surface area contributed by atoms with Crippen molar-refractivity contribution in [3.63, 3.8) is 0 Å². The Kier molecular flexibility index (Phi) is 7.95. The van der Waals surface area contributed by atoms with E-state index in [1.54, 1.807) is 0 Å². The fourth-order valence-electron chi connectivity index (χ4n) is 2.27. The van der Waals surface area contributed by atoms with Gasteiger partial charge in [0, 0.05) is 45.3 Å². The molecule has 1 heterocycles. The molecule has 8 heteroatoms. The maximum absolute atomic E-state index is 12.2. The van der Waals surface area contributed by atoms with Crippen LogP contribution in [-0.4, -0.2) is 80.8 Å². The average Bonchev–Trinajstić information content (AvgIpc) is 2.44. The summed E-state index contributed by atoms with van der Waals surface area (Å²) >= 11 is 0. The number of aliphatic imine (C=N–C) groups is 1. The molecule has 0 aromatic rings. The van der Waals surface area contributed by atoms with Crippen LogP contribution in [0.15, 0.2) is 4.99 Å². The molecule has 0 aromatic carbocycles. The van der Waals surface area contributed by atoms with Crippen molar-refractivity contribution in [2.24, 2.45) is 4.99 Å². The Hall–Kier alpha value is -1.02. The fourth-order valence-corrected chi connectivity index (χ4v) is 2.27. The van der Waals surface area contributed by atoms with Crippen LogP contribution in [0.3, 0.4) is 0 Å². The van der Waals surface area contributed by atoms with E-state index < -0.39 is 12.6 Å². The summed E-state index contributed by atoms with van der Waals surface area (Å²) in [6.07, 6.45) is -5.00. The molecule has 0 radical (unpaired) electrons. The molecule has 1 unspecified atom stereocenters. The highest BCUT2D eigenvalue weighted by molar-refractivity contribution is 5.79. The van der Waals surface area contributed by atoms with Gasteiger partial charge in [-0.1, -0.05) is 0 Å². The second-order valence-electron chi connectivity index (χ2n) is 5.70. The van der Waals surface area contributed by atoms with Gasteiger partial charge in [-0.15, -0.1) is 0 Å². The molecule has 22 heavy (non-hydrogen) atoms.